The number of halogens is 2. The van der Waals surface area contributed by atoms with E-state index in [0.29, 0.717) is 39.0 Å². The van der Waals surface area contributed by atoms with Gasteiger partial charge in [0.15, 0.2) is 11.3 Å². The van der Waals surface area contributed by atoms with E-state index < -0.39 is 17.1 Å². The van der Waals surface area contributed by atoms with E-state index in [1.54, 1.807) is 42.5 Å². The van der Waals surface area contributed by atoms with Crippen LogP contribution in [-0.2, 0) is 6.61 Å². The van der Waals surface area contributed by atoms with Crippen LogP contribution in [0.5, 0.6) is 11.5 Å². The molecule has 0 unspecified atom stereocenters. The van der Waals surface area contributed by atoms with Crippen molar-refractivity contribution in [2.24, 2.45) is 0 Å². The van der Waals surface area contributed by atoms with Gasteiger partial charge in [0.1, 0.15) is 23.8 Å². The topological polar surface area (TPSA) is 78.9 Å². The predicted octanol–water partition coefficient (Wildman–Crippen LogP) is 5.95. The number of para-hydroxylation sites is 1. The van der Waals surface area contributed by atoms with Gasteiger partial charge < -0.3 is 18.3 Å². The molecule has 0 radical (unpaired) electrons. The maximum atomic E-state index is 13.3. The van der Waals surface area contributed by atoms with Gasteiger partial charge in [-0.2, -0.15) is 0 Å². The molecule has 0 aliphatic rings. The number of fused-ring (bicyclic) bond motifs is 2. The molecule has 2 aromatic heterocycles. The third kappa shape index (κ3) is 4.02. The normalized spacial score (nSPS) is 11.1. The third-order valence-corrected chi connectivity index (χ3v) is 5.71. The first-order chi connectivity index (χ1) is 16.4. The van der Waals surface area contributed by atoms with Crippen LogP contribution in [0.3, 0.4) is 0 Å². The van der Waals surface area contributed by atoms with Crippen LogP contribution in [0, 0.1) is 5.82 Å². The van der Waals surface area contributed by atoms with Crippen molar-refractivity contribution in [1.82, 2.24) is 0 Å². The molecule has 8 heteroatoms. The fourth-order valence-electron chi connectivity index (χ4n) is 3.72. The van der Waals surface area contributed by atoms with Crippen molar-refractivity contribution in [2.45, 2.75) is 6.61 Å². The molecule has 5 rings (SSSR count). The van der Waals surface area contributed by atoms with E-state index in [2.05, 4.69) is 0 Å². The molecule has 170 valence electrons. The van der Waals surface area contributed by atoms with Gasteiger partial charge in [0, 0.05) is 34.0 Å². The molecular weight excluding hydrogens is 463 g/mol. The minimum atomic E-state index is -0.633. The van der Waals surface area contributed by atoms with Crippen LogP contribution in [0.15, 0.2) is 85.2 Å². The van der Waals surface area contributed by atoms with Crippen LogP contribution in [0.25, 0.3) is 33.1 Å². The van der Waals surface area contributed by atoms with Crippen molar-refractivity contribution in [2.75, 3.05) is 7.11 Å². The Morgan fingerprint density at radius 2 is 1.79 bits per heavy atom. The van der Waals surface area contributed by atoms with E-state index in [0.717, 1.165) is 0 Å². The lowest BCUT2D eigenvalue weighted by Crippen LogP contribution is -2.07. The summed E-state index contributed by atoms with van der Waals surface area (Å²) in [5, 5.41) is 1.42. The minimum absolute atomic E-state index is 0.0879. The second kappa shape index (κ2) is 8.68. The Morgan fingerprint density at radius 1 is 0.941 bits per heavy atom. The average Bonchev–Trinajstić information content (AvgIpc) is 2.82. The molecule has 0 spiro atoms. The highest BCUT2D eigenvalue weighted by Gasteiger charge is 2.16. The van der Waals surface area contributed by atoms with Gasteiger partial charge in [-0.3, -0.25) is 0 Å². The fourth-order valence-corrected chi connectivity index (χ4v) is 3.94. The Bertz CT molecular complexity index is 1670. The van der Waals surface area contributed by atoms with Gasteiger partial charge in [-0.1, -0.05) is 29.8 Å². The molecule has 0 fully saturated rings. The summed E-state index contributed by atoms with van der Waals surface area (Å²) in [4.78, 5) is 25.1. The summed E-state index contributed by atoms with van der Waals surface area (Å²) < 4.78 is 35.1. The Morgan fingerprint density at radius 3 is 2.59 bits per heavy atom. The zero-order chi connectivity index (χ0) is 23.8. The molecule has 3 aromatic carbocycles. The smallest absolute Gasteiger partial charge is 0.344 e. The second-order valence-electron chi connectivity index (χ2n) is 7.49. The molecular formula is C26H16ClFO6. The highest BCUT2D eigenvalue weighted by Crippen LogP contribution is 2.32. The van der Waals surface area contributed by atoms with E-state index >= 15 is 0 Å². The van der Waals surface area contributed by atoms with Crippen LogP contribution in [0.4, 0.5) is 4.39 Å². The second-order valence-corrected chi connectivity index (χ2v) is 7.89. The van der Waals surface area contributed by atoms with Crippen LogP contribution < -0.4 is 20.7 Å². The number of rotatable bonds is 5. The van der Waals surface area contributed by atoms with E-state index in [4.69, 9.17) is 29.9 Å². The maximum absolute atomic E-state index is 13.3. The first kappa shape index (κ1) is 21.7. The van der Waals surface area contributed by atoms with Crippen LogP contribution in [0.2, 0.25) is 5.02 Å². The number of hydrogen-bond donors (Lipinski definition) is 0. The minimum Gasteiger partial charge on any atom is -0.493 e. The largest absolute Gasteiger partial charge is 0.493 e. The summed E-state index contributed by atoms with van der Waals surface area (Å²) in [5.74, 6) is 0.399. The van der Waals surface area contributed by atoms with Crippen molar-refractivity contribution in [3.05, 3.63) is 104 Å². The first-order valence-corrected chi connectivity index (χ1v) is 10.6. The lowest BCUT2D eigenvalue weighted by Gasteiger charge is -2.10. The van der Waals surface area contributed by atoms with Crippen LogP contribution >= 0.6 is 11.6 Å². The molecule has 0 aliphatic heterocycles. The molecule has 5 aromatic rings. The van der Waals surface area contributed by atoms with Crippen LogP contribution in [-0.4, -0.2) is 7.11 Å². The van der Waals surface area contributed by atoms with E-state index in [1.165, 1.54) is 31.4 Å². The number of hydrogen-bond acceptors (Lipinski definition) is 6. The average molecular weight is 479 g/mol. The molecule has 0 saturated heterocycles. The lowest BCUT2D eigenvalue weighted by molar-refractivity contribution is 0.306. The van der Waals surface area contributed by atoms with Crippen molar-refractivity contribution in [3.8, 4) is 22.6 Å². The van der Waals surface area contributed by atoms with Gasteiger partial charge >= 0.3 is 11.3 Å². The molecule has 34 heavy (non-hydrogen) atoms. The highest BCUT2D eigenvalue weighted by molar-refractivity contribution is 6.31. The van der Waals surface area contributed by atoms with Gasteiger partial charge in [0.25, 0.3) is 0 Å². The van der Waals surface area contributed by atoms with Gasteiger partial charge in [0.05, 0.1) is 17.7 Å². The monoisotopic (exact) mass is 478 g/mol. The fraction of sp³-hybridized carbons (Fsp3) is 0.0769. The van der Waals surface area contributed by atoms with Crippen molar-refractivity contribution < 1.29 is 22.7 Å². The summed E-state index contributed by atoms with van der Waals surface area (Å²) in [6.07, 6.45) is 0. The summed E-state index contributed by atoms with van der Waals surface area (Å²) in [5.41, 5.74) is 0.490. The van der Waals surface area contributed by atoms with Crippen molar-refractivity contribution in [1.29, 1.82) is 0 Å². The first-order valence-electron chi connectivity index (χ1n) is 10.2. The van der Waals surface area contributed by atoms with Gasteiger partial charge in [-0.25, -0.2) is 14.0 Å². The Kier molecular flexibility index (Phi) is 5.55. The highest BCUT2D eigenvalue weighted by atomic mass is 35.5. The number of benzene rings is 3. The summed E-state index contributed by atoms with van der Waals surface area (Å²) >= 11 is 6.05. The lowest BCUT2D eigenvalue weighted by atomic mass is 10.0. The van der Waals surface area contributed by atoms with E-state index in [-0.39, 0.29) is 22.8 Å². The number of ether oxygens (including phenoxy) is 2. The Balaban J connectivity index is 1.56. The van der Waals surface area contributed by atoms with Gasteiger partial charge in [-0.05, 0) is 36.4 Å². The zero-order valence-corrected chi connectivity index (χ0v) is 18.5. The van der Waals surface area contributed by atoms with Gasteiger partial charge in [0.2, 0.25) is 0 Å². The zero-order valence-electron chi connectivity index (χ0n) is 17.8. The van der Waals surface area contributed by atoms with Crippen molar-refractivity contribution >= 4 is 33.5 Å². The van der Waals surface area contributed by atoms with Gasteiger partial charge in [-0.15, -0.1) is 0 Å². The number of methoxy groups -OCH3 is 1. The summed E-state index contributed by atoms with van der Waals surface area (Å²) in [7, 11) is 1.49. The molecule has 0 bridgehead atoms. The summed E-state index contributed by atoms with van der Waals surface area (Å²) in [6.45, 7) is 0.0879. The molecule has 6 nitrogen and oxygen atoms in total. The molecule has 0 amide bonds. The third-order valence-electron chi connectivity index (χ3n) is 5.36. The van der Waals surface area contributed by atoms with Crippen molar-refractivity contribution in [3.63, 3.8) is 0 Å². The maximum Gasteiger partial charge on any atom is 0.344 e. The SMILES string of the molecule is COc1cccc2cc(-c3cc(=O)oc4cc(OCc5ccc(F)cc5Cl)ccc34)c(=O)oc12. The molecule has 0 saturated carbocycles. The summed E-state index contributed by atoms with van der Waals surface area (Å²) in [6, 6.07) is 17.1. The van der Waals surface area contributed by atoms with Crippen LogP contribution in [0.1, 0.15) is 5.56 Å². The quantitative estimate of drug-likeness (QED) is 0.291. The molecule has 0 N–H and O–H groups in total. The molecule has 2 heterocycles. The standard InChI is InChI=1S/C26H16ClFO6/c1-31-22-4-2-3-14-9-20(26(30)34-25(14)22)19-12-24(29)33-23-11-17(7-8-18(19)23)32-13-15-5-6-16(28)10-21(15)27/h2-12H,13H2,1H3. The molecule has 0 atom stereocenters. The molecule has 0 aliphatic carbocycles. The Labute approximate surface area is 196 Å². The predicted molar refractivity (Wildman–Crippen MR) is 126 cm³/mol. The Hall–Kier alpha value is -4.10. The van der Waals surface area contributed by atoms with E-state index in [1.807, 2.05) is 0 Å². The van der Waals surface area contributed by atoms with E-state index in [9.17, 15) is 14.0 Å².